The number of nitrogens with zero attached hydrogens (tertiary/aromatic N) is 1. The molecule has 0 aliphatic rings. The summed E-state index contributed by atoms with van der Waals surface area (Å²) < 4.78 is 0. The standard InChI is InChI=1S/C16H19N/c1-5-9-11-14-12-13(7-3)16(10-6-2)17-15(14)8-4/h6-12H,3-5H2,1-2H3/b10-6-,11-9-. The molecule has 0 fully saturated rings. The zero-order valence-electron chi connectivity index (χ0n) is 10.6. The minimum atomic E-state index is 0.911. The van der Waals surface area contributed by atoms with E-state index in [-0.39, 0.29) is 0 Å². The molecule has 0 aromatic carbocycles. The smallest absolute Gasteiger partial charge is 0.0706 e. The SMILES string of the molecule is C=Cc1cc(/C=C\CC)c(C=C)nc1/C=C\C. The molecule has 0 saturated heterocycles. The summed E-state index contributed by atoms with van der Waals surface area (Å²) in [7, 11) is 0. The van der Waals surface area contributed by atoms with Gasteiger partial charge in [-0.1, -0.05) is 44.4 Å². The van der Waals surface area contributed by atoms with Gasteiger partial charge in [0.15, 0.2) is 0 Å². The van der Waals surface area contributed by atoms with Crippen LogP contribution in [0, 0.1) is 0 Å². The van der Waals surface area contributed by atoms with Gasteiger partial charge in [0, 0.05) is 11.1 Å². The van der Waals surface area contributed by atoms with Crippen molar-refractivity contribution in [3.63, 3.8) is 0 Å². The van der Waals surface area contributed by atoms with E-state index in [9.17, 15) is 0 Å². The molecule has 0 amide bonds. The molecule has 0 aliphatic heterocycles. The van der Waals surface area contributed by atoms with Crippen molar-refractivity contribution >= 4 is 24.3 Å². The largest absolute Gasteiger partial charge is 0.248 e. The van der Waals surface area contributed by atoms with Crippen molar-refractivity contribution in [2.24, 2.45) is 0 Å². The Morgan fingerprint density at radius 2 is 1.88 bits per heavy atom. The van der Waals surface area contributed by atoms with E-state index < -0.39 is 0 Å². The highest BCUT2D eigenvalue weighted by Crippen LogP contribution is 2.18. The highest BCUT2D eigenvalue weighted by molar-refractivity contribution is 5.70. The van der Waals surface area contributed by atoms with E-state index >= 15 is 0 Å². The zero-order valence-corrected chi connectivity index (χ0v) is 10.6. The van der Waals surface area contributed by atoms with E-state index in [0.717, 1.165) is 28.9 Å². The number of rotatable bonds is 5. The summed E-state index contributed by atoms with van der Waals surface area (Å²) in [4.78, 5) is 4.58. The molecule has 0 radical (unpaired) electrons. The van der Waals surface area contributed by atoms with Crippen LogP contribution < -0.4 is 0 Å². The summed E-state index contributed by atoms with van der Waals surface area (Å²) in [5, 5.41) is 0. The quantitative estimate of drug-likeness (QED) is 0.699. The van der Waals surface area contributed by atoms with Gasteiger partial charge >= 0.3 is 0 Å². The third kappa shape index (κ3) is 3.28. The lowest BCUT2D eigenvalue weighted by Crippen LogP contribution is -1.94. The third-order valence-corrected chi connectivity index (χ3v) is 2.41. The second kappa shape index (κ2) is 6.64. The van der Waals surface area contributed by atoms with Gasteiger partial charge in [-0.15, -0.1) is 0 Å². The Morgan fingerprint density at radius 3 is 2.41 bits per heavy atom. The van der Waals surface area contributed by atoms with Crippen molar-refractivity contribution in [2.75, 3.05) is 0 Å². The van der Waals surface area contributed by atoms with Crippen LogP contribution in [-0.4, -0.2) is 4.98 Å². The van der Waals surface area contributed by atoms with E-state index in [1.165, 1.54) is 0 Å². The number of hydrogen-bond acceptors (Lipinski definition) is 1. The van der Waals surface area contributed by atoms with Crippen LogP contribution in [0.3, 0.4) is 0 Å². The number of pyridine rings is 1. The van der Waals surface area contributed by atoms with Crippen molar-refractivity contribution in [3.8, 4) is 0 Å². The lowest BCUT2D eigenvalue weighted by Gasteiger charge is -2.06. The van der Waals surface area contributed by atoms with Crippen LogP contribution in [0.25, 0.3) is 24.3 Å². The number of hydrogen-bond donors (Lipinski definition) is 0. The molecule has 1 heterocycles. The molecule has 1 aromatic rings. The van der Waals surface area contributed by atoms with Crippen LogP contribution in [0.5, 0.6) is 0 Å². The van der Waals surface area contributed by atoms with Gasteiger partial charge in [0.1, 0.15) is 0 Å². The van der Waals surface area contributed by atoms with Gasteiger partial charge in [-0.25, -0.2) is 4.98 Å². The second-order valence-corrected chi connectivity index (χ2v) is 3.66. The van der Waals surface area contributed by atoms with Gasteiger partial charge in [-0.2, -0.15) is 0 Å². The van der Waals surface area contributed by atoms with Gasteiger partial charge in [0.25, 0.3) is 0 Å². The van der Waals surface area contributed by atoms with Crippen LogP contribution >= 0.6 is 0 Å². The molecule has 0 spiro atoms. The molecule has 17 heavy (non-hydrogen) atoms. The van der Waals surface area contributed by atoms with Gasteiger partial charge < -0.3 is 0 Å². The number of allylic oxidation sites excluding steroid dienone is 2. The first-order valence-electron chi connectivity index (χ1n) is 5.86. The highest BCUT2D eigenvalue weighted by atomic mass is 14.7. The molecule has 0 saturated carbocycles. The van der Waals surface area contributed by atoms with Crippen molar-refractivity contribution in [2.45, 2.75) is 20.3 Å². The Balaban J connectivity index is 3.36. The molecule has 88 valence electrons. The molecule has 1 heteroatoms. The topological polar surface area (TPSA) is 12.9 Å². The molecule has 0 N–H and O–H groups in total. The van der Waals surface area contributed by atoms with Crippen LogP contribution in [0.1, 0.15) is 42.8 Å². The normalized spacial score (nSPS) is 11.2. The first-order chi connectivity index (χ1) is 8.26. The van der Waals surface area contributed by atoms with Crippen LogP contribution in [-0.2, 0) is 0 Å². The Hall–Kier alpha value is -1.89. The molecule has 1 aromatic heterocycles. The molecule has 1 nitrogen and oxygen atoms in total. The molecular weight excluding hydrogens is 206 g/mol. The fraction of sp³-hybridized carbons (Fsp3) is 0.188. The fourth-order valence-corrected chi connectivity index (χ4v) is 1.57. The maximum atomic E-state index is 4.58. The molecular formula is C16H19N. The summed E-state index contributed by atoms with van der Waals surface area (Å²) in [6.07, 6.45) is 12.8. The first-order valence-corrected chi connectivity index (χ1v) is 5.86. The van der Waals surface area contributed by atoms with Gasteiger partial charge in [0.2, 0.25) is 0 Å². The van der Waals surface area contributed by atoms with Crippen molar-refractivity contribution in [1.29, 1.82) is 0 Å². The minimum Gasteiger partial charge on any atom is -0.248 e. The lowest BCUT2D eigenvalue weighted by molar-refractivity contribution is 1.22. The molecule has 0 bridgehead atoms. The number of aromatic nitrogens is 1. The summed E-state index contributed by atoms with van der Waals surface area (Å²) >= 11 is 0. The molecule has 1 rings (SSSR count). The Bertz CT molecular complexity index is 465. The van der Waals surface area contributed by atoms with Gasteiger partial charge in [-0.3, -0.25) is 0 Å². The van der Waals surface area contributed by atoms with E-state index in [2.05, 4.69) is 43.3 Å². The Kier molecular flexibility index (Phi) is 5.15. The summed E-state index contributed by atoms with van der Waals surface area (Å²) in [5.41, 5.74) is 3.98. The highest BCUT2D eigenvalue weighted by Gasteiger charge is 2.03. The predicted molar refractivity (Wildman–Crippen MR) is 78.5 cm³/mol. The lowest BCUT2D eigenvalue weighted by atomic mass is 10.1. The third-order valence-electron chi connectivity index (χ3n) is 2.41. The molecule has 0 atom stereocenters. The van der Waals surface area contributed by atoms with Crippen molar-refractivity contribution in [1.82, 2.24) is 4.98 Å². The summed E-state index contributed by atoms with van der Waals surface area (Å²) in [6, 6.07) is 2.10. The second-order valence-electron chi connectivity index (χ2n) is 3.66. The van der Waals surface area contributed by atoms with Crippen LogP contribution in [0.4, 0.5) is 0 Å². The van der Waals surface area contributed by atoms with Crippen LogP contribution in [0.2, 0.25) is 0 Å². The predicted octanol–water partition coefficient (Wildman–Crippen LogP) is 4.82. The molecule has 0 aliphatic carbocycles. The maximum Gasteiger partial charge on any atom is 0.0706 e. The minimum absolute atomic E-state index is 0.911. The molecule has 0 unspecified atom stereocenters. The van der Waals surface area contributed by atoms with Crippen molar-refractivity contribution < 1.29 is 0 Å². The van der Waals surface area contributed by atoms with E-state index in [0.29, 0.717) is 0 Å². The Labute approximate surface area is 104 Å². The fourth-order valence-electron chi connectivity index (χ4n) is 1.57. The average molecular weight is 225 g/mol. The van der Waals surface area contributed by atoms with E-state index in [1.54, 1.807) is 6.08 Å². The average Bonchev–Trinajstić information content (AvgIpc) is 2.36. The van der Waals surface area contributed by atoms with Crippen LogP contribution in [0.15, 0.2) is 31.4 Å². The zero-order chi connectivity index (χ0) is 12.7. The maximum absolute atomic E-state index is 4.58. The van der Waals surface area contributed by atoms with Gasteiger partial charge in [0.05, 0.1) is 11.4 Å². The van der Waals surface area contributed by atoms with E-state index in [1.807, 2.05) is 25.2 Å². The first kappa shape index (κ1) is 13.2. The summed E-state index contributed by atoms with van der Waals surface area (Å²) in [6.45, 7) is 11.7. The van der Waals surface area contributed by atoms with Gasteiger partial charge in [-0.05, 0) is 31.6 Å². The Morgan fingerprint density at radius 1 is 1.12 bits per heavy atom. The summed E-state index contributed by atoms with van der Waals surface area (Å²) in [5.74, 6) is 0. The monoisotopic (exact) mass is 225 g/mol. The van der Waals surface area contributed by atoms with Crippen molar-refractivity contribution in [3.05, 3.63) is 53.9 Å². The van der Waals surface area contributed by atoms with E-state index in [4.69, 9.17) is 0 Å².